The van der Waals surface area contributed by atoms with Gasteiger partial charge in [0.15, 0.2) is 11.6 Å². The van der Waals surface area contributed by atoms with Crippen molar-refractivity contribution in [1.29, 1.82) is 0 Å². The average molecular weight is 299 g/mol. The van der Waals surface area contributed by atoms with E-state index in [4.69, 9.17) is 4.74 Å². The molecule has 0 saturated heterocycles. The zero-order valence-electron chi connectivity index (χ0n) is 12.9. The van der Waals surface area contributed by atoms with Crippen molar-refractivity contribution in [2.45, 2.75) is 44.9 Å². The Kier molecular flexibility index (Phi) is 8.00. The molecule has 0 saturated carbocycles. The third kappa shape index (κ3) is 4.98. The zero-order chi connectivity index (χ0) is 15.0. The smallest absolute Gasteiger partial charge is 0.169 e. The summed E-state index contributed by atoms with van der Waals surface area (Å²) in [5.74, 6) is 0.951. The molecule has 1 aromatic carbocycles. The van der Waals surface area contributed by atoms with Crippen LogP contribution in [0.1, 0.15) is 45.2 Å². The van der Waals surface area contributed by atoms with E-state index in [1.54, 1.807) is 6.07 Å². The van der Waals surface area contributed by atoms with Crippen LogP contribution in [0, 0.1) is 5.82 Å². The molecular weight excluding hydrogens is 273 g/mol. The third-order valence-electron chi connectivity index (χ3n) is 3.35. The fourth-order valence-electron chi connectivity index (χ4n) is 1.91. The van der Waals surface area contributed by atoms with Crippen molar-refractivity contribution >= 4 is 11.8 Å². The van der Waals surface area contributed by atoms with E-state index in [0.29, 0.717) is 16.6 Å². The Balaban J connectivity index is 2.86. The largest absolute Gasteiger partial charge is 0.494 e. The van der Waals surface area contributed by atoms with Crippen LogP contribution >= 0.6 is 11.8 Å². The molecule has 0 spiro atoms. The molecule has 0 bridgehead atoms. The molecule has 0 aliphatic carbocycles. The van der Waals surface area contributed by atoms with Crippen LogP contribution in [0.5, 0.6) is 5.75 Å². The molecule has 0 amide bonds. The maximum Gasteiger partial charge on any atom is 0.169 e. The van der Waals surface area contributed by atoms with Crippen LogP contribution in [0.25, 0.3) is 0 Å². The molecule has 0 aliphatic rings. The lowest BCUT2D eigenvalue weighted by atomic mass is 10.1. The normalized spacial score (nSPS) is 14.1. The van der Waals surface area contributed by atoms with Crippen LogP contribution in [0.4, 0.5) is 4.39 Å². The molecule has 2 unspecified atom stereocenters. The van der Waals surface area contributed by atoms with Gasteiger partial charge < -0.3 is 10.1 Å². The van der Waals surface area contributed by atoms with Crippen LogP contribution < -0.4 is 10.1 Å². The minimum atomic E-state index is -0.242. The lowest BCUT2D eigenvalue weighted by molar-refractivity contribution is 0.381. The van der Waals surface area contributed by atoms with Gasteiger partial charge in [-0.15, -0.1) is 0 Å². The number of thioether (sulfide) groups is 1. The van der Waals surface area contributed by atoms with E-state index in [-0.39, 0.29) is 11.9 Å². The number of benzene rings is 1. The van der Waals surface area contributed by atoms with Gasteiger partial charge in [-0.3, -0.25) is 0 Å². The van der Waals surface area contributed by atoms with Crippen LogP contribution in [-0.4, -0.2) is 24.7 Å². The first-order chi connectivity index (χ1) is 9.63. The molecule has 0 heterocycles. The maximum absolute atomic E-state index is 14.4. The van der Waals surface area contributed by atoms with Crippen molar-refractivity contribution in [2.24, 2.45) is 0 Å². The summed E-state index contributed by atoms with van der Waals surface area (Å²) >= 11 is 1.88. The number of rotatable bonds is 9. The highest BCUT2D eigenvalue weighted by Crippen LogP contribution is 2.28. The van der Waals surface area contributed by atoms with Gasteiger partial charge in [0.1, 0.15) is 0 Å². The lowest BCUT2D eigenvalue weighted by Gasteiger charge is -2.21. The van der Waals surface area contributed by atoms with Gasteiger partial charge in [-0.1, -0.05) is 32.9 Å². The Morgan fingerprint density at radius 3 is 2.70 bits per heavy atom. The SMILES string of the molecule is CCCNC(CSC(C)CC)c1cccc(OC)c1F. The van der Waals surface area contributed by atoms with E-state index in [1.807, 2.05) is 23.9 Å². The van der Waals surface area contributed by atoms with E-state index in [0.717, 1.165) is 25.1 Å². The first-order valence-electron chi connectivity index (χ1n) is 7.31. The van der Waals surface area contributed by atoms with Crippen LogP contribution in [-0.2, 0) is 0 Å². The van der Waals surface area contributed by atoms with Gasteiger partial charge in [-0.05, 0) is 25.5 Å². The number of ether oxygens (including phenoxy) is 1. The Morgan fingerprint density at radius 1 is 1.35 bits per heavy atom. The lowest BCUT2D eigenvalue weighted by Crippen LogP contribution is -2.25. The predicted octanol–water partition coefficient (Wildman–Crippen LogP) is 4.41. The van der Waals surface area contributed by atoms with Crippen molar-refractivity contribution in [3.05, 3.63) is 29.6 Å². The fraction of sp³-hybridized carbons (Fsp3) is 0.625. The van der Waals surface area contributed by atoms with Gasteiger partial charge >= 0.3 is 0 Å². The molecular formula is C16H26FNOS. The monoisotopic (exact) mass is 299 g/mol. The number of nitrogens with one attached hydrogen (secondary N) is 1. The van der Waals surface area contributed by atoms with Crippen molar-refractivity contribution in [3.8, 4) is 5.75 Å². The summed E-state index contributed by atoms with van der Waals surface area (Å²) in [6, 6.07) is 5.40. The van der Waals surface area contributed by atoms with Crippen molar-refractivity contribution < 1.29 is 9.13 Å². The molecule has 1 aromatic rings. The highest BCUT2D eigenvalue weighted by Gasteiger charge is 2.18. The average Bonchev–Trinajstić information content (AvgIpc) is 2.47. The Bertz CT molecular complexity index is 400. The van der Waals surface area contributed by atoms with Gasteiger partial charge in [0.05, 0.1) is 7.11 Å². The highest BCUT2D eigenvalue weighted by molar-refractivity contribution is 7.99. The molecule has 114 valence electrons. The Morgan fingerprint density at radius 2 is 2.10 bits per heavy atom. The molecule has 2 atom stereocenters. The van der Waals surface area contributed by atoms with Crippen molar-refractivity contribution in [3.63, 3.8) is 0 Å². The zero-order valence-corrected chi connectivity index (χ0v) is 13.7. The van der Waals surface area contributed by atoms with Crippen LogP contribution in [0.2, 0.25) is 0 Å². The second-order valence-electron chi connectivity index (χ2n) is 4.92. The maximum atomic E-state index is 14.4. The molecule has 20 heavy (non-hydrogen) atoms. The second-order valence-corrected chi connectivity index (χ2v) is 6.39. The van der Waals surface area contributed by atoms with E-state index in [9.17, 15) is 4.39 Å². The molecule has 1 rings (SSSR count). The summed E-state index contributed by atoms with van der Waals surface area (Å²) in [5, 5.41) is 4.03. The summed E-state index contributed by atoms with van der Waals surface area (Å²) in [5.41, 5.74) is 0.702. The molecule has 2 nitrogen and oxygen atoms in total. The van der Waals surface area contributed by atoms with Crippen LogP contribution in [0.15, 0.2) is 18.2 Å². The van der Waals surface area contributed by atoms with Crippen LogP contribution in [0.3, 0.4) is 0 Å². The van der Waals surface area contributed by atoms with E-state index in [1.165, 1.54) is 7.11 Å². The van der Waals surface area contributed by atoms with Gasteiger partial charge in [0.2, 0.25) is 0 Å². The molecule has 0 aliphatic heterocycles. The van der Waals surface area contributed by atoms with Gasteiger partial charge in [-0.25, -0.2) is 4.39 Å². The number of methoxy groups -OCH3 is 1. The number of hydrogen-bond donors (Lipinski definition) is 1. The molecule has 1 N–H and O–H groups in total. The number of hydrogen-bond acceptors (Lipinski definition) is 3. The van der Waals surface area contributed by atoms with E-state index >= 15 is 0 Å². The molecule has 0 fully saturated rings. The van der Waals surface area contributed by atoms with Gasteiger partial charge in [-0.2, -0.15) is 11.8 Å². The summed E-state index contributed by atoms with van der Waals surface area (Å²) in [6.45, 7) is 7.40. The van der Waals surface area contributed by atoms with E-state index in [2.05, 4.69) is 26.1 Å². The number of halogens is 1. The second kappa shape index (κ2) is 9.24. The molecule has 0 aromatic heterocycles. The molecule has 4 heteroatoms. The first-order valence-corrected chi connectivity index (χ1v) is 8.36. The van der Waals surface area contributed by atoms with Gasteiger partial charge in [0.25, 0.3) is 0 Å². The topological polar surface area (TPSA) is 21.3 Å². The predicted molar refractivity (Wildman–Crippen MR) is 86.2 cm³/mol. The van der Waals surface area contributed by atoms with Gasteiger partial charge in [0, 0.05) is 22.6 Å². The summed E-state index contributed by atoms with van der Waals surface area (Å²) in [4.78, 5) is 0. The third-order valence-corrected chi connectivity index (χ3v) is 4.78. The summed E-state index contributed by atoms with van der Waals surface area (Å²) in [7, 11) is 1.50. The standard InChI is InChI=1S/C16H26FNOS/c1-5-10-18-14(11-20-12(3)6-2)13-8-7-9-15(19-4)16(13)17/h7-9,12,14,18H,5-6,10-11H2,1-4H3. The first kappa shape index (κ1) is 17.3. The van der Waals surface area contributed by atoms with E-state index < -0.39 is 0 Å². The van der Waals surface area contributed by atoms with Crippen molar-refractivity contribution in [1.82, 2.24) is 5.32 Å². The highest BCUT2D eigenvalue weighted by atomic mass is 32.2. The quantitative estimate of drug-likeness (QED) is 0.730. The minimum Gasteiger partial charge on any atom is -0.494 e. The summed E-state index contributed by atoms with van der Waals surface area (Å²) in [6.07, 6.45) is 2.17. The minimum absolute atomic E-state index is 0.0315. The van der Waals surface area contributed by atoms with Crippen molar-refractivity contribution in [2.75, 3.05) is 19.4 Å². The Labute approximate surface area is 126 Å². The summed E-state index contributed by atoms with van der Waals surface area (Å²) < 4.78 is 19.5. The molecule has 0 radical (unpaired) electrons. The fourth-order valence-corrected chi connectivity index (χ4v) is 2.96. The Hall–Kier alpha value is -0.740.